The van der Waals surface area contributed by atoms with Crippen molar-refractivity contribution in [3.05, 3.63) is 57.2 Å². The van der Waals surface area contributed by atoms with Gasteiger partial charge in [0.1, 0.15) is 0 Å². The SMILES string of the molecule is O=C(c1cccs1)N1N=C(c2ccc(Cl)cc2)C[C@@]1(O)C(F)(F)F. The zero-order valence-corrected chi connectivity index (χ0v) is 13.5. The first-order chi connectivity index (χ1) is 11.2. The molecule has 4 nitrogen and oxygen atoms in total. The summed E-state index contributed by atoms with van der Waals surface area (Å²) in [4.78, 5) is 12.4. The summed E-state index contributed by atoms with van der Waals surface area (Å²) in [6.07, 6.45) is -5.91. The van der Waals surface area contributed by atoms with E-state index < -0.39 is 24.2 Å². The number of carbonyl (C=O) groups excluding carboxylic acids is 1. The molecule has 0 spiro atoms. The van der Waals surface area contributed by atoms with E-state index in [0.29, 0.717) is 10.6 Å². The van der Waals surface area contributed by atoms with E-state index in [0.717, 1.165) is 11.3 Å². The van der Waals surface area contributed by atoms with Crippen LogP contribution in [0.25, 0.3) is 0 Å². The van der Waals surface area contributed by atoms with Crippen LogP contribution in [0, 0.1) is 0 Å². The molecule has 1 atom stereocenters. The van der Waals surface area contributed by atoms with Gasteiger partial charge in [0.05, 0.1) is 17.0 Å². The summed E-state index contributed by atoms with van der Waals surface area (Å²) in [5.74, 6) is -1.01. The Labute approximate surface area is 143 Å². The molecule has 1 aromatic carbocycles. The number of carbonyl (C=O) groups is 1. The van der Waals surface area contributed by atoms with Crippen molar-refractivity contribution in [2.75, 3.05) is 0 Å². The second-order valence-electron chi connectivity index (χ2n) is 5.14. The monoisotopic (exact) mass is 374 g/mol. The van der Waals surface area contributed by atoms with Gasteiger partial charge in [-0.2, -0.15) is 23.3 Å². The van der Waals surface area contributed by atoms with Crippen molar-refractivity contribution in [3.8, 4) is 0 Å². The average molecular weight is 375 g/mol. The predicted octanol–water partition coefficient (Wildman–Crippen LogP) is 3.90. The Balaban J connectivity index is 2.03. The second kappa shape index (κ2) is 5.87. The second-order valence-corrected chi connectivity index (χ2v) is 6.52. The fourth-order valence-corrected chi connectivity index (χ4v) is 3.06. The number of hydrogen-bond acceptors (Lipinski definition) is 4. The molecule has 0 saturated carbocycles. The molecule has 9 heteroatoms. The van der Waals surface area contributed by atoms with Crippen LogP contribution in [0.4, 0.5) is 13.2 Å². The third-order valence-corrected chi connectivity index (χ3v) is 4.65. The number of hydrogen-bond donors (Lipinski definition) is 1. The van der Waals surface area contributed by atoms with Crippen LogP contribution in [0.15, 0.2) is 46.9 Å². The molecular weight excluding hydrogens is 365 g/mol. The van der Waals surface area contributed by atoms with E-state index >= 15 is 0 Å². The smallest absolute Gasteiger partial charge is 0.362 e. The summed E-state index contributed by atoms with van der Waals surface area (Å²) in [5, 5.41) is 16.0. The molecule has 0 fully saturated rings. The molecule has 126 valence electrons. The van der Waals surface area contributed by atoms with E-state index in [1.165, 1.54) is 36.4 Å². The molecule has 1 amide bonds. The van der Waals surface area contributed by atoms with Crippen LogP contribution in [-0.2, 0) is 0 Å². The van der Waals surface area contributed by atoms with Gasteiger partial charge in [0.25, 0.3) is 11.6 Å². The number of rotatable bonds is 2. The molecule has 2 heterocycles. The molecule has 0 aliphatic carbocycles. The van der Waals surface area contributed by atoms with Gasteiger partial charge in [-0.25, -0.2) is 0 Å². The zero-order valence-electron chi connectivity index (χ0n) is 11.9. The predicted molar refractivity (Wildman–Crippen MR) is 84.1 cm³/mol. The first-order valence-corrected chi connectivity index (χ1v) is 7.99. The fourth-order valence-electron chi connectivity index (χ4n) is 2.29. The average Bonchev–Trinajstić information content (AvgIpc) is 3.15. The first-order valence-electron chi connectivity index (χ1n) is 6.73. The van der Waals surface area contributed by atoms with Gasteiger partial charge in [-0.15, -0.1) is 11.3 Å². The molecule has 1 aromatic heterocycles. The summed E-state index contributed by atoms with van der Waals surface area (Å²) in [5.41, 5.74) is -3.08. The molecule has 3 rings (SSSR count). The first kappa shape index (κ1) is 16.9. The lowest BCUT2D eigenvalue weighted by atomic mass is 10.0. The number of benzene rings is 1. The standard InChI is InChI=1S/C15H10ClF3N2O2S/c16-10-5-3-9(4-6-10)11-8-14(23,15(17,18)19)21(20-11)13(22)12-2-1-7-24-12/h1-7,23H,8H2/t14-/m1/s1. The Morgan fingerprint density at radius 2 is 1.96 bits per heavy atom. The highest BCUT2D eigenvalue weighted by Gasteiger charge is 2.63. The van der Waals surface area contributed by atoms with E-state index in [4.69, 9.17) is 11.6 Å². The molecule has 0 radical (unpaired) electrons. The van der Waals surface area contributed by atoms with Crippen LogP contribution in [0.1, 0.15) is 21.7 Å². The minimum Gasteiger partial charge on any atom is -0.362 e. The normalized spacial score (nSPS) is 21.0. The molecule has 1 N–H and O–H groups in total. The van der Waals surface area contributed by atoms with Gasteiger partial charge in [-0.1, -0.05) is 29.8 Å². The zero-order chi connectivity index (χ0) is 17.5. The molecule has 1 aliphatic rings. The summed E-state index contributed by atoms with van der Waals surface area (Å²) < 4.78 is 40.2. The minimum absolute atomic E-state index is 0.0450. The van der Waals surface area contributed by atoms with Crippen LogP contribution in [0.5, 0.6) is 0 Å². The molecule has 0 saturated heterocycles. The van der Waals surface area contributed by atoms with Gasteiger partial charge in [-0.05, 0) is 29.1 Å². The van der Waals surface area contributed by atoms with E-state index in [1.807, 2.05) is 0 Å². The molecule has 0 unspecified atom stereocenters. The van der Waals surface area contributed by atoms with Crippen molar-refractivity contribution in [2.24, 2.45) is 5.10 Å². The van der Waals surface area contributed by atoms with Crippen LogP contribution in [0.3, 0.4) is 0 Å². The largest absolute Gasteiger partial charge is 0.438 e. The van der Waals surface area contributed by atoms with Crippen molar-refractivity contribution in [1.82, 2.24) is 5.01 Å². The van der Waals surface area contributed by atoms with Gasteiger partial charge in [0.2, 0.25) is 0 Å². The van der Waals surface area contributed by atoms with E-state index in [2.05, 4.69) is 5.10 Å². The highest BCUT2D eigenvalue weighted by atomic mass is 35.5. The number of halogens is 4. The Morgan fingerprint density at radius 1 is 1.29 bits per heavy atom. The third kappa shape index (κ3) is 2.81. The minimum atomic E-state index is -5.06. The highest BCUT2D eigenvalue weighted by Crippen LogP contribution is 2.42. The molecular formula is C15H10ClF3N2O2S. The topological polar surface area (TPSA) is 52.9 Å². The highest BCUT2D eigenvalue weighted by molar-refractivity contribution is 7.12. The van der Waals surface area contributed by atoms with E-state index in [1.54, 1.807) is 5.38 Å². The summed E-state index contributed by atoms with van der Waals surface area (Å²) in [7, 11) is 0. The number of thiophene rings is 1. The van der Waals surface area contributed by atoms with Crippen molar-refractivity contribution < 1.29 is 23.1 Å². The Bertz CT molecular complexity index is 790. The van der Waals surface area contributed by atoms with Crippen molar-refractivity contribution in [3.63, 3.8) is 0 Å². The van der Waals surface area contributed by atoms with Crippen LogP contribution in [0.2, 0.25) is 5.02 Å². The quantitative estimate of drug-likeness (QED) is 0.866. The van der Waals surface area contributed by atoms with Gasteiger partial charge >= 0.3 is 6.18 Å². The lowest BCUT2D eigenvalue weighted by Gasteiger charge is -2.32. The Kier molecular flexibility index (Phi) is 4.15. The number of amides is 1. The summed E-state index contributed by atoms with van der Waals surface area (Å²) >= 11 is 6.73. The maximum absolute atomic E-state index is 13.4. The van der Waals surface area contributed by atoms with Crippen LogP contribution in [-0.4, -0.2) is 33.6 Å². The van der Waals surface area contributed by atoms with Crippen LogP contribution >= 0.6 is 22.9 Å². The van der Waals surface area contributed by atoms with Gasteiger partial charge in [0, 0.05) is 5.02 Å². The molecule has 1 aliphatic heterocycles. The van der Waals surface area contributed by atoms with Crippen molar-refractivity contribution >= 4 is 34.6 Å². The van der Waals surface area contributed by atoms with Gasteiger partial charge in [-0.3, -0.25) is 4.79 Å². The van der Waals surface area contributed by atoms with Crippen LogP contribution < -0.4 is 0 Å². The number of hydrazone groups is 1. The van der Waals surface area contributed by atoms with Crippen molar-refractivity contribution in [2.45, 2.75) is 18.3 Å². The fraction of sp³-hybridized carbons (Fsp3) is 0.200. The molecule has 0 bridgehead atoms. The molecule has 2 aromatic rings. The molecule has 24 heavy (non-hydrogen) atoms. The summed E-state index contributed by atoms with van der Waals surface area (Å²) in [6, 6.07) is 8.86. The maximum Gasteiger partial charge on any atom is 0.438 e. The van der Waals surface area contributed by atoms with Gasteiger partial charge in [0.15, 0.2) is 0 Å². The third-order valence-electron chi connectivity index (χ3n) is 3.54. The number of aliphatic hydroxyl groups is 1. The lowest BCUT2D eigenvalue weighted by Crippen LogP contribution is -2.56. The van der Waals surface area contributed by atoms with E-state index in [9.17, 15) is 23.1 Å². The summed E-state index contributed by atoms with van der Waals surface area (Å²) in [6.45, 7) is 0. The Morgan fingerprint density at radius 3 is 2.50 bits per heavy atom. The van der Waals surface area contributed by atoms with Gasteiger partial charge < -0.3 is 5.11 Å². The lowest BCUT2D eigenvalue weighted by molar-refractivity contribution is -0.297. The van der Waals surface area contributed by atoms with E-state index in [-0.39, 0.29) is 15.6 Å². The number of alkyl halides is 3. The van der Waals surface area contributed by atoms with Crippen molar-refractivity contribution in [1.29, 1.82) is 0 Å². The Hall–Kier alpha value is -1.90. The maximum atomic E-state index is 13.4. The number of nitrogens with zero attached hydrogens (tertiary/aromatic N) is 2.